The van der Waals surface area contributed by atoms with Gasteiger partial charge in [-0.05, 0) is 44.7 Å². The maximum Gasteiger partial charge on any atom is 0.0133 e. The molecular weight excluding hydrogens is 206 g/mol. The molecule has 0 atom stereocenters. The van der Waals surface area contributed by atoms with Crippen molar-refractivity contribution in [3.63, 3.8) is 0 Å². The molecule has 1 aromatic carbocycles. The fraction of sp³-hybridized carbons (Fsp3) is 0.625. The Kier molecular flexibility index (Phi) is 4.37. The van der Waals surface area contributed by atoms with Gasteiger partial charge >= 0.3 is 0 Å². The number of rotatable bonds is 5. The zero-order valence-electron chi connectivity index (χ0n) is 12.2. The van der Waals surface area contributed by atoms with Crippen LogP contribution in [0, 0.1) is 6.92 Å². The zero-order chi connectivity index (χ0) is 13.1. The molecule has 1 heteroatoms. The van der Waals surface area contributed by atoms with Crippen LogP contribution in [0.25, 0.3) is 0 Å². The van der Waals surface area contributed by atoms with Crippen molar-refractivity contribution in [2.75, 3.05) is 6.54 Å². The molecule has 1 rings (SSSR count). The second-order valence-corrected chi connectivity index (χ2v) is 6.34. The summed E-state index contributed by atoms with van der Waals surface area (Å²) in [4.78, 5) is 0. The molecule has 96 valence electrons. The van der Waals surface area contributed by atoms with Crippen LogP contribution in [0.3, 0.4) is 0 Å². The van der Waals surface area contributed by atoms with Gasteiger partial charge in [-0.1, -0.05) is 50.6 Å². The van der Waals surface area contributed by atoms with Crippen molar-refractivity contribution < 1.29 is 0 Å². The summed E-state index contributed by atoms with van der Waals surface area (Å²) in [7, 11) is 0. The highest BCUT2D eigenvalue weighted by Gasteiger charge is 2.29. The third-order valence-corrected chi connectivity index (χ3v) is 3.37. The Morgan fingerprint density at radius 1 is 1.00 bits per heavy atom. The van der Waals surface area contributed by atoms with E-state index in [1.807, 2.05) is 0 Å². The summed E-state index contributed by atoms with van der Waals surface area (Å²) in [6.07, 6.45) is 1.14. The second kappa shape index (κ2) is 5.22. The molecule has 0 aliphatic rings. The van der Waals surface area contributed by atoms with Gasteiger partial charge in [-0.3, -0.25) is 0 Å². The molecule has 0 spiro atoms. The molecule has 0 heterocycles. The molecule has 0 unspecified atom stereocenters. The maximum absolute atomic E-state index is 3.56. The van der Waals surface area contributed by atoms with Crippen molar-refractivity contribution in [1.29, 1.82) is 0 Å². The van der Waals surface area contributed by atoms with E-state index < -0.39 is 0 Å². The third-order valence-electron chi connectivity index (χ3n) is 3.37. The molecular formula is C16H27N. The largest absolute Gasteiger partial charge is 0.312 e. The Hall–Kier alpha value is -0.820. The van der Waals surface area contributed by atoms with Gasteiger partial charge in [0.15, 0.2) is 0 Å². The molecule has 0 aliphatic heterocycles. The molecule has 0 amide bonds. The van der Waals surface area contributed by atoms with Crippen molar-refractivity contribution >= 4 is 0 Å². The van der Waals surface area contributed by atoms with E-state index in [1.54, 1.807) is 0 Å². The van der Waals surface area contributed by atoms with Crippen molar-refractivity contribution in [2.45, 2.75) is 58.9 Å². The Balaban J connectivity index is 2.84. The van der Waals surface area contributed by atoms with Crippen LogP contribution in [0.2, 0.25) is 0 Å². The zero-order valence-corrected chi connectivity index (χ0v) is 12.2. The van der Waals surface area contributed by atoms with Gasteiger partial charge in [0.25, 0.3) is 0 Å². The lowest BCUT2D eigenvalue weighted by Gasteiger charge is -2.36. The van der Waals surface area contributed by atoms with E-state index in [0.717, 1.165) is 13.0 Å². The highest BCUT2D eigenvalue weighted by molar-refractivity contribution is 5.28. The normalized spacial score (nSPS) is 12.8. The van der Waals surface area contributed by atoms with Crippen LogP contribution in [-0.2, 0) is 5.41 Å². The lowest BCUT2D eigenvalue weighted by molar-refractivity contribution is 0.293. The van der Waals surface area contributed by atoms with E-state index in [1.165, 1.54) is 11.1 Å². The van der Waals surface area contributed by atoms with Crippen molar-refractivity contribution in [3.8, 4) is 0 Å². The molecule has 17 heavy (non-hydrogen) atoms. The predicted molar refractivity (Wildman–Crippen MR) is 76.6 cm³/mol. The van der Waals surface area contributed by atoms with Crippen LogP contribution < -0.4 is 5.32 Å². The van der Waals surface area contributed by atoms with Crippen LogP contribution in [0.5, 0.6) is 0 Å². The van der Waals surface area contributed by atoms with Crippen LogP contribution >= 0.6 is 0 Å². The molecule has 1 nitrogen and oxygen atoms in total. The highest BCUT2D eigenvalue weighted by atomic mass is 14.9. The summed E-state index contributed by atoms with van der Waals surface area (Å²) >= 11 is 0. The minimum absolute atomic E-state index is 0.184. The fourth-order valence-corrected chi connectivity index (χ4v) is 2.75. The summed E-state index contributed by atoms with van der Waals surface area (Å²) in [5.74, 6) is 0. The van der Waals surface area contributed by atoms with Gasteiger partial charge in [0, 0.05) is 5.54 Å². The first-order valence-electron chi connectivity index (χ1n) is 6.59. The highest BCUT2D eigenvalue weighted by Crippen LogP contribution is 2.32. The minimum atomic E-state index is 0.184. The number of benzene rings is 1. The van der Waals surface area contributed by atoms with Gasteiger partial charge in [-0.2, -0.15) is 0 Å². The smallest absolute Gasteiger partial charge is 0.0133 e. The van der Waals surface area contributed by atoms with Crippen LogP contribution in [-0.4, -0.2) is 12.1 Å². The van der Waals surface area contributed by atoms with Crippen LogP contribution in [0.1, 0.15) is 52.2 Å². The van der Waals surface area contributed by atoms with Gasteiger partial charge in [-0.25, -0.2) is 0 Å². The minimum Gasteiger partial charge on any atom is -0.312 e. The molecule has 1 aromatic rings. The molecule has 0 fully saturated rings. The Labute approximate surface area is 107 Å². The van der Waals surface area contributed by atoms with E-state index in [9.17, 15) is 0 Å². The summed E-state index contributed by atoms with van der Waals surface area (Å²) in [5.41, 5.74) is 3.15. The summed E-state index contributed by atoms with van der Waals surface area (Å²) in [5, 5.41) is 3.56. The second-order valence-electron chi connectivity index (χ2n) is 6.34. The monoisotopic (exact) mass is 233 g/mol. The molecule has 0 saturated heterocycles. The first kappa shape index (κ1) is 14.2. The van der Waals surface area contributed by atoms with Crippen molar-refractivity contribution in [3.05, 3.63) is 35.4 Å². The van der Waals surface area contributed by atoms with Crippen LogP contribution in [0.4, 0.5) is 0 Å². The van der Waals surface area contributed by atoms with Gasteiger partial charge in [0.05, 0.1) is 0 Å². The van der Waals surface area contributed by atoms with Gasteiger partial charge in [0.1, 0.15) is 0 Å². The number of aryl methyl sites for hydroxylation is 1. The Bertz CT molecular complexity index is 346. The standard InChI is InChI=1S/C16H27N/c1-7-17-16(5,6)12-15(3,4)14-10-8-13(2)9-11-14/h8-11,17H,7,12H2,1-6H3. The SMILES string of the molecule is CCNC(C)(C)CC(C)(C)c1ccc(C)cc1. The average Bonchev–Trinajstić information content (AvgIpc) is 2.16. The van der Waals surface area contributed by atoms with Gasteiger partial charge in [-0.15, -0.1) is 0 Å². The summed E-state index contributed by atoms with van der Waals surface area (Å²) in [6.45, 7) is 14.6. The first-order valence-corrected chi connectivity index (χ1v) is 6.59. The molecule has 0 radical (unpaired) electrons. The Morgan fingerprint density at radius 2 is 1.53 bits per heavy atom. The van der Waals surface area contributed by atoms with Crippen LogP contribution in [0.15, 0.2) is 24.3 Å². The third kappa shape index (κ3) is 4.16. The fourth-order valence-electron chi connectivity index (χ4n) is 2.75. The lowest BCUT2D eigenvalue weighted by Crippen LogP contribution is -2.43. The van der Waals surface area contributed by atoms with E-state index in [-0.39, 0.29) is 11.0 Å². The summed E-state index contributed by atoms with van der Waals surface area (Å²) < 4.78 is 0. The van der Waals surface area contributed by atoms with Gasteiger partial charge < -0.3 is 5.32 Å². The molecule has 0 aliphatic carbocycles. The Morgan fingerprint density at radius 3 is 2.00 bits per heavy atom. The van der Waals surface area contributed by atoms with E-state index in [4.69, 9.17) is 0 Å². The molecule has 0 saturated carbocycles. The predicted octanol–water partition coefficient (Wildman–Crippen LogP) is 4.05. The average molecular weight is 233 g/mol. The molecule has 0 bridgehead atoms. The first-order chi connectivity index (χ1) is 7.77. The van der Waals surface area contributed by atoms with Crippen molar-refractivity contribution in [1.82, 2.24) is 5.32 Å². The quantitative estimate of drug-likeness (QED) is 0.809. The van der Waals surface area contributed by atoms with Gasteiger partial charge in [0.2, 0.25) is 0 Å². The van der Waals surface area contributed by atoms with E-state index in [2.05, 4.69) is 71.1 Å². The molecule has 0 aromatic heterocycles. The topological polar surface area (TPSA) is 12.0 Å². The number of hydrogen-bond acceptors (Lipinski definition) is 1. The van der Waals surface area contributed by atoms with E-state index in [0.29, 0.717) is 0 Å². The number of nitrogens with one attached hydrogen (secondary N) is 1. The van der Waals surface area contributed by atoms with E-state index >= 15 is 0 Å². The lowest BCUT2D eigenvalue weighted by atomic mass is 9.75. The summed E-state index contributed by atoms with van der Waals surface area (Å²) in [6, 6.07) is 8.93. The molecule has 1 N–H and O–H groups in total. The number of hydrogen-bond donors (Lipinski definition) is 1. The van der Waals surface area contributed by atoms with Crippen molar-refractivity contribution in [2.24, 2.45) is 0 Å². The maximum atomic E-state index is 3.56.